The molecule has 29 heavy (non-hydrogen) atoms. The summed E-state index contributed by atoms with van der Waals surface area (Å²) in [5.74, 6) is -0.0935. The first kappa shape index (κ1) is 20.9. The van der Waals surface area contributed by atoms with Crippen molar-refractivity contribution in [1.29, 1.82) is 5.26 Å². The van der Waals surface area contributed by atoms with Crippen molar-refractivity contribution >= 4 is 23.6 Å². The van der Waals surface area contributed by atoms with Gasteiger partial charge >= 0.3 is 0 Å². The van der Waals surface area contributed by atoms with Crippen LogP contribution in [0.5, 0.6) is 0 Å². The van der Waals surface area contributed by atoms with Crippen LogP contribution in [0.25, 0.3) is 0 Å². The monoisotopic (exact) mass is 407 g/mol. The highest BCUT2D eigenvalue weighted by Gasteiger charge is 2.17. The van der Waals surface area contributed by atoms with E-state index in [0.717, 1.165) is 35.7 Å². The van der Waals surface area contributed by atoms with Gasteiger partial charge in [0.2, 0.25) is 5.91 Å². The molecular weight excluding hydrogens is 382 g/mol. The van der Waals surface area contributed by atoms with Gasteiger partial charge in [0.15, 0.2) is 0 Å². The summed E-state index contributed by atoms with van der Waals surface area (Å²) in [6.45, 7) is 1.97. The van der Waals surface area contributed by atoms with E-state index < -0.39 is 0 Å². The summed E-state index contributed by atoms with van der Waals surface area (Å²) in [4.78, 5) is 28.6. The van der Waals surface area contributed by atoms with Crippen LogP contribution in [0.1, 0.15) is 48.0 Å². The first-order valence-electron chi connectivity index (χ1n) is 10.0. The van der Waals surface area contributed by atoms with E-state index in [1.54, 1.807) is 12.1 Å². The van der Waals surface area contributed by atoms with Gasteiger partial charge in [0, 0.05) is 35.8 Å². The normalized spacial score (nSPS) is 14.0. The van der Waals surface area contributed by atoms with Crippen molar-refractivity contribution < 1.29 is 9.59 Å². The van der Waals surface area contributed by atoms with Crippen molar-refractivity contribution in [1.82, 2.24) is 10.2 Å². The lowest BCUT2D eigenvalue weighted by atomic mass is 10.2. The zero-order chi connectivity index (χ0) is 20.5. The Morgan fingerprint density at radius 1 is 0.966 bits per heavy atom. The van der Waals surface area contributed by atoms with Gasteiger partial charge in [0.1, 0.15) is 6.07 Å². The molecule has 0 radical (unpaired) electrons. The molecule has 0 atom stereocenters. The summed E-state index contributed by atoms with van der Waals surface area (Å²) in [7, 11) is 0. The predicted molar refractivity (Wildman–Crippen MR) is 114 cm³/mol. The molecule has 0 spiro atoms. The maximum atomic E-state index is 12.7. The average Bonchev–Trinajstić information content (AvgIpc) is 3.04. The Hall–Kier alpha value is -2.78. The summed E-state index contributed by atoms with van der Waals surface area (Å²) in [5, 5.41) is 12.2. The number of hydrogen-bond donors (Lipinski definition) is 1. The van der Waals surface area contributed by atoms with Crippen molar-refractivity contribution in [2.45, 2.75) is 41.9 Å². The van der Waals surface area contributed by atoms with Crippen LogP contribution in [-0.4, -0.2) is 36.3 Å². The molecule has 5 nitrogen and oxygen atoms in total. The first-order chi connectivity index (χ1) is 14.2. The Bertz CT molecular complexity index is 899. The number of carbonyl (C=O) groups excluding carboxylic acids is 2. The van der Waals surface area contributed by atoms with Gasteiger partial charge in [-0.2, -0.15) is 5.26 Å². The molecule has 1 heterocycles. The summed E-state index contributed by atoms with van der Waals surface area (Å²) in [5.41, 5.74) is 1.13. The Morgan fingerprint density at radius 2 is 1.62 bits per heavy atom. The number of likely N-dealkylation sites (tertiary alicyclic amines) is 1. The number of nitriles is 1. The molecule has 2 aromatic carbocycles. The Labute approximate surface area is 176 Å². The molecule has 1 fully saturated rings. The molecule has 150 valence electrons. The van der Waals surface area contributed by atoms with E-state index in [0.29, 0.717) is 24.1 Å². The third-order valence-corrected chi connectivity index (χ3v) is 6.09. The second kappa shape index (κ2) is 10.7. The van der Waals surface area contributed by atoms with E-state index >= 15 is 0 Å². The summed E-state index contributed by atoms with van der Waals surface area (Å²) >= 11 is 1.40. The average molecular weight is 408 g/mol. The molecule has 1 N–H and O–H groups in total. The fourth-order valence-electron chi connectivity index (χ4n) is 3.37. The molecular formula is C23H25N3O2S. The van der Waals surface area contributed by atoms with Gasteiger partial charge in [-0.3, -0.25) is 9.59 Å². The Kier molecular flexibility index (Phi) is 7.71. The minimum atomic E-state index is -0.203. The van der Waals surface area contributed by atoms with E-state index in [1.165, 1.54) is 24.6 Å². The molecule has 0 bridgehead atoms. The fourth-order valence-corrected chi connectivity index (χ4v) is 4.39. The molecule has 1 aliphatic rings. The molecule has 3 rings (SSSR count). The largest absolute Gasteiger partial charge is 0.351 e. The zero-order valence-corrected chi connectivity index (χ0v) is 17.2. The van der Waals surface area contributed by atoms with Crippen LogP contribution in [0, 0.1) is 11.3 Å². The number of benzene rings is 2. The highest BCUT2D eigenvalue weighted by atomic mass is 32.2. The van der Waals surface area contributed by atoms with Crippen LogP contribution in [0.3, 0.4) is 0 Å². The second-order valence-electron chi connectivity index (χ2n) is 7.01. The second-order valence-corrected chi connectivity index (χ2v) is 8.09. The van der Waals surface area contributed by atoms with E-state index in [2.05, 4.69) is 11.4 Å². The molecule has 2 aromatic rings. The standard InChI is InChI=1S/C23H25N3O2S/c24-17-18-9-3-5-11-20(18)29-21-12-6-4-10-19(21)23(28)25-14-13-22(27)26-15-7-1-2-8-16-26/h3-6,9-12H,1-2,7-8,13-16H2,(H,25,28). The Balaban J connectivity index is 1.60. The highest BCUT2D eigenvalue weighted by molar-refractivity contribution is 7.99. The van der Waals surface area contributed by atoms with Gasteiger partial charge < -0.3 is 10.2 Å². The lowest BCUT2D eigenvalue weighted by Crippen LogP contribution is -2.35. The van der Waals surface area contributed by atoms with Gasteiger partial charge in [-0.25, -0.2) is 0 Å². The van der Waals surface area contributed by atoms with Gasteiger partial charge in [0.05, 0.1) is 11.1 Å². The van der Waals surface area contributed by atoms with Crippen LogP contribution in [-0.2, 0) is 4.79 Å². The number of nitrogens with zero attached hydrogens (tertiary/aromatic N) is 2. The van der Waals surface area contributed by atoms with E-state index in [-0.39, 0.29) is 11.8 Å². The van der Waals surface area contributed by atoms with Gasteiger partial charge in [0.25, 0.3) is 5.91 Å². The minimum absolute atomic E-state index is 0.109. The van der Waals surface area contributed by atoms with Gasteiger partial charge in [-0.1, -0.05) is 48.9 Å². The van der Waals surface area contributed by atoms with Crippen molar-refractivity contribution in [2.75, 3.05) is 19.6 Å². The van der Waals surface area contributed by atoms with E-state index in [1.807, 2.05) is 41.3 Å². The molecule has 6 heteroatoms. The third kappa shape index (κ3) is 5.85. The third-order valence-electron chi connectivity index (χ3n) is 4.94. The SMILES string of the molecule is N#Cc1ccccc1Sc1ccccc1C(=O)NCCC(=O)N1CCCCCC1. The van der Waals surface area contributed by atoms with Crippen molar-refractivity contribution in [2.24, 2.45) is 0 Å². The van der Waals surface area contributed by atoms with E-state index in [9.17, 15) is 14.9 Å². The number of hydrogen-bond acceptors (Lipinski definition) is 4. The molecule has 0 aliphatic carbocycles. The lowest BCUT2D eigenvalue weighted by molar-refractivity contribution is -0.131. The maximum absolute atomic E-state index is 12.7. The topological polar surface area (TPSA) is 73.2 Å². The first-order valence-corrected chi connectivity index (χ1v) is 10.8. The lowest BCUT2D eigenvalue weighted by Gasteiger charge is -2.20. The fraction of sp³-hybridized carbons (Fsp3) is 0.348. The molecule has 0 aromatic heterocycles. The smallest absolute Gasteiger partial charge is 0.252 e. The number of amides is 2. The van der Waals surface area contributed by atoms with E-state index in [4.69, 9.17) is 0 Å². The van der Waals surface area contributed by atoms with Crippen molar-refractivity contribution in [3.8, 4) is 6.07 Å². The molecule has 1 saturated heterocycles. The summed E-state index contributed by atoms with van der Waals surface area (Å²) < 4.78 is 0. The van der Waals surface area contributed by atoms with Gasteiger partial charge in [-0.15, -0.1) is 0 Å². The number of nitrogens with one attached hydrogen (secondary N) is 1. The molecule has 0 unspecified atom stereocenters. The van der Waals surface area contributed by atoms with Crippen LogP contribution in [0.15, 0.2) is 58.3 Å². The molecule has 1 aliphatic heterocycles. The van der Waals surface area contributed by atoms with Crippen LogP contribution in [0.4, 0.5) is 0 Å². The van der Waals surface area contributed by atoms with Crippen molar-refractivity contribution in [3.63, 3.8) is 0 Å². The van der Waals surface area contributed by atoms with Crippen LogP contribution < -0.4 is 5.32 Å². The predicted octanol–water partition coefficient (Wildman–Crippen LogP) is 4.23. The summed E-state index contributed by atoms with van der Waals surface area (Å²) in [6, 6.07) is 16.8. The molecule has 2 amide bonds. The van der Waals surface area contributed by atoms with Crippen molar-refractivity contribution in [3.05, 3.63) is 59.7 Å². The van der Waals surface area contributed by atoms with Crippen LogP contribution in [0.2, 0.25) is 0 Å². The minimum Gasteiger partial charge on any atom is -0.351 e. The quantitative estimate of drug-likeness (QED) is 0.778. The van der Waals surface area contributed by atoms with Crippen LogP contribution >= 0.6 is 11.8 Å². The Morgan fingerprint density at radius 3 is 2.34 bits per heavy atom. The highest BCUT2D eigenvalue weighted by Crippen LogP contribution is 2.32. The number of carbonyl (C=O) groups is 2. The van der Waals surface area contributed by atoms with Gasteiger partial charge in [-0.05, 0) is 37.1 Å². The zero-order valence-electron chi connectivity index (χ0n) is 16.4. The number of rotatable bonds is 6. The molecule has 0 saturated carbocycles. The maximum Gasteiger partial charge on any atom is 0.252 e. The summed E-state index contributed by atoms with van der Waals surface area (Å²) in [6.07, 6.45) is 4.81.